The van der Waals surface area contributed by atoms with E-state index < -0.39 is 28.5 Å². The van der Waals surface area contributed by atoms with Gasteiger partial charge in [-0.2, -0.15) is 0 Å². The monoisotopic (exact) mass is 571 g/mol. The number of carbonyl (C=O) groups is 2. The summed E-state index contributed by atoms with van der Waals surface area (Å²) in [6.07, 6.45) is 0.243. The summed E-state index contributed by atoms with van der Waals surface area (Å²) in [7, 11) is -1.04. The zero-order chi connectivity index (χ0) is 29.2. The van der Waals surface area contributed by atoms with E-state index in [-0.39, 0.29) is 23.8 Å². The smallest absolute Gasteiger partial charge is 0.264 e. The first-order valence-electron chi connectivity index (χ1n) is 13.1. The molecule has 4 aromatic rings. The number of nitrogens with zero attached hydrogens (tertiary/aromatic N) is 2. The molecule has 9 heteroatoms. The molecule has 212 valence electrons. The molecule has 8 nitrogen and oxygen atoms in total. The van der Waals surface area contributed by atoms with Gasteiger partial charge in [-0.3, -0.25) is 13.9 Å². The van der Waals surface area contributed by atoms with Crippen molar-refractivity contribution in [3.8, 4) is 5.75 Å². The number of amides is 2. The summed E-state index contributed by atoms with van der Waals surface area (Å²) < 4.78 is 34.1. The Bertz CT molecular complexity index is 1550. The van der Waals surface area contributed by atoms with Crippen LogP contribution in [0.1, 0.15) is 11.1 Å². The molecule has 0 heterocycles. The molecule has 2 amide bonds. The van der Waals surface area contributed by atoms with Crippen LogP contribution in [0.25, 0.3) is 0 Å². The van der Waals surface area contributed by atoms with Crippen molar-refractivity contribution in [1.82, 2.24) is 10.2 Å². The Morgan fingerprint density at radius 1 is 0.805 bits per heavy atom. The number of likely N-dealkylation sites (N-methyl/N-ethyl adjacent to an activating group) is 1. The zero-order valence-corrected chi connectivity index (χ0v) is 23.8. The summed E-state index contributed by atoms with van der Waals surface area (Å²) in [5.74, 6) is -0.282. The molecule has 0 aromatic heterocycles. The summed E-state index contributed by atoms with van der Waals surface area (Å²) in [5, 5.41) is 2.68. The lowest BCUT2D eigenvalue weighted by molar-refractivity contribution is -0.139. The van der Waals surface area contributed by atoms with Crippen LogP contribution in [0, 0.1) is 0 Å². The fourth-order valence-electron chi connectivity index (χ4n) is 4.53. The van der Waals surface area contributed by atoms with Crippen LogP contribution in [-0.2, 0) is 32.6 Å². The predicted molar refractivity (Wildman–Crippen MR) is 159 cm³/mol. The third-order valence-corrected chi connectivity index (χ3v) is 8.45. The average Bonchev–Trinajstić information content (AvgIpc) is 3.02. The molecular weight excluding hydrogens is 538 g/mol. The molecule has 0 fully saturated rings. The molecule has 0 aliphatic heterocycles. The average molecular weight is 572 g/mol. The molecule has 41 heavy (non-hydrogen) atoms. The van der Waals surface area contributed by atoms with Crippen LogP contribution in [0.3, 0.4) is 0 Å². The van der Waals surface area contributed by atoms with Gasteiger partial charge in [0.2, 0.25) is 11.8 Å². The fourth-order valence-corrected chi connectivity index (χ4v) is 5.97. The summed E-state index contributed by atoms with van der Waals surface area (Å²) in [5.41, 5.74) is 1.93. The largest absolute Gasteiger partial charge is 0.497 e. The van der Waals surface area contributed by atoms with E-state index in [0.717, 1.165) is 15.4 Å². The molecule has 0 spiro atoms. The second-order valence-electron chi connectivity index (χ2n) is 9.35. The highest BCUT2D eigenvalue weighted by Gasteiger charge is 2.34. The quantitative estimate of drug-likeness (QED) is 0.274. The van der Waals surface area contributed by atoms with Gasteiger partial charge in [0.15, 0.2) is 0 Å². The molecule has 0 aliphatic rings. The van der Waals surface area contributed by atoms with E-state index in [1.54, 1.807) is 73.8 Å². The number of sulfonamides is 1. The summed E-state index contributed by atoms with van der Waals surface area (Å²) >= 11 is 0. The van der Waals surface area contributed by atoms with Crippen molar-refractivity contribution in [2.24, 2.45) is 0 Å². The van der Waals surface area contributed by atoms with Crippen molar-refractivity contribution in [1.29, 1.82) is 0 Å². The van der Waals surface area contributed by atoms with Crippen LogP contribution in [-0.4, -0.2) is 51.9 Å². The number of para-hydroxylation sites is 1. The van der Waals surface area contributed by atoms with Crippen molar-refractivity contribution in [2.75, 3.05) is 25.0 Å². The number of benzene rings is 4. The lowest BCUT2D eigenvalue weighted by Gasteiger charge is -2.33. The van der Waals surface area contributed by atoms with E-state index >= 15 is 0 Å². The van der Waals surface area contributed by atoms with E-state index in [1.165, 1.54) is 24.1 Å². The first-order chi connectivity index (χ1) is 19.8. The molecular formula is C32H33N3O5S. The molecule has 4 rings (SSSR count). The van der Waals surface area contributed by atoms with Crippen molar-refractivity contribution < 1.29 is 22.7 Å². The van der Waals surface area contributed by atoms with Crippen LogP contribution in [0.4, 0.5) is 5.69 Å². The lowest BCUT2D eigenvalue weighted by atomic mass is 10.0. The molecule has 4 aromatic carbocycles. The van der Waals surface area contributed by atoms with Gasteiger partial charge >= 0.3 is 0 Å². The predicted octanol–water partition coefficient (Wildman–Crippen LogP) is 4.28. The number of hydrogen-bond acceptors (Lipinski definition) is 5. The van der Waals surface area contributed by atoms with Crippen LogP contribution < -0.4 is 14.4 Å². The number of rotatable bonds is 12. The lowest BCUT2D eigenvalue weighted by Crippen LogP contribution is -2.53. The van der Waals surface area contributed by atoms with Crippen LogP contribution in [0.2, 0.25) is 0 Å². The van der Waals surface area contributed by atoms with Gasteiger partial charge in [0.1, 0.15) is 18.3 Å². The Labute approximate surface area is 241 Å². The maximum atomic E-state index is 14.2. The SMILES string of the molecule is CNC(=O)[C@@H](Cc1ccccc1)N(Cc1cccc(OC)c1)C(=O)CN(c1ccccc1)S(=O)(=O)c1ccccc1. The molecule has 0 aliphatic carbocycles. The van der Waals surface area contributed by atoms with Gasteiger partial charge in [0, 0.05) is 20.0 Å². The van der Waals surface area contributed by atoms with Gasteiger partial charge in [-0.15, -0.1) is 0 Å². The molecule has 0 radical (unpaired) electrons. The van der Waals surface area contributed by atoms with Gasteiger partial charge in [-0.05, 0) is 47.5 Å². The highest BCUT2D eigenvalue weighted by atomic mass is 32.2. The third-order valence-electron chi connectivity index (χ3n) is 6.66. The first-order valence-corrected chi connectivity index (χ1v) is 14.6. The maximum absolute atomic E-state index is 14.2. The molecule has 0 saturated carbocycles. The Morgan fingerprint density at radius 3 is 2.00 bits per heavy atom. The molecule has 1 N–H and O–H groups in total. The molecule has 0 unspecified atom stereocenters. The van der Waals surface area contributed by atoms with E-state index in [0.29, 0.717) is 11.4 Å². The zero-order valence-electron chi connectivity index (χ0n) is 23.0. The Morgan fingerprint density at radius 2 is 1.39 bits per heavy atom. The number of ether oxygens (including phenoxy) is 1. The second kappa shape index (κ2) is 13.6. The normalized spacial score (nSPS) is 11.8. The highest BCUT2D eigenvalue weighted by Crippen LogP contribution is 2.25. The highest BCUT2D eigenvalue weighted by molar-refractivity contribution is 7.92. The second-order valence-corrected chi connectivity index (χ2v) is 11.2. The molecule has 1 atom stereocenters. The summed E-state index contributed by atoms with van der Waals surface area (Å²) in [4.78, 5) is 29.0. The van der Waals surface area contributed by atoms with Crippen LogP contribution in [0.15, 0.2) is 120 Å². The number of nitrogens with one attached hydrogen (secondary N) is 1. The van der Waals surface area contributed by atoms with E-state index in [1.807, 2.05) is 36.4 Å². The number of anilines is 1. The summed E-state index contributed by atoms with van der Waals surface area (Å²) in [6.45, 7) is -0.442. The van der Waals surface area contributed by atoms with Crippen LogP contribution >= 0.6 is 0 Å². The van der Waals surface area contributed by atoms with E-state index in [2.05, 4.69) is 5.32 Å². The van der Waals surface area contributed by atoms with E-state index in [4.69, 9.17) is 4.74 Å². The molecule has 0 saturated heterocycles. The Hall–Kier alpha value is -4.63. The maximum Gasteiger partial charge on any atom is 0.264 e. The minimum atomic E-state index is -4.11. The van der Waals surface area contributed by atoms with Gasteiger partial charge in [0.05, 0.1) is 17.7 Å². The minimum absolute atomic E-state index is 0.0585. The van der Waals surface area contributed by atoms with Gasteiger partial charge < -0.3 is 15.0 Å². The van der Waals surface area contributed by atoms with Crippen molar-refractivity contribution in [3.63, 3.8) is 0 Å². The number of methoxy groups -OCH3 is 1. The Balaban J connectivity index is 1.77. The number of hydrogen-bond donors (Lipinski definition) is 1. The van der Waals surface area contributed by atoms with Crippen molar-refractivity contribution in [3.05, 3.63) is 126 Å². The fraction of sp³-hybridized carbons (Fsp3) is 0.188. The summed E-state index contributed by atoms with van der Waals surface area (Å²) in [6, 6.07) is 32.2. The van der Waals surface area contributed by atoms with Gasteiger partial charge in [-0.1, -0.05) is 78.9 Å². The molecule has 0 bridgehead atoms. The Kier molecular flexibility index (Phi) is 9.76. The number of carbonyl (C=O) groups excluding carboxylic acids is 2. The van der Waals surface area contributed by atoms with Gasteiger partial charge in [0.25, 0.3) is 10.0 Å². The van der Waals surface area contributed by atoms with Crippen molar-refractivity contribution in [2.45, 2.75) is 23.9 Å². The van der Waals surface area contributed by atoms with Crippen LogP contribution in [0.5, 0.6) is 5.75 Å². The first kappa shape index (κ1) is 29.4. The topological polar surface area (TPSA) is 96.0 Å². The van der Waals surface area contributed by atoms with Gasteiger partial charge in [-0.25, -0.2) is 8.42 Å². The minimum Gasteiger partial charge on any atom is -0.497 e. The third kappa shape index (κ3) is 7.32. The van der Waals surface area contributed by atoms with Crippen molar-refractivity contribution >= 4 is 27.5 Å². The standard InChI is InChI=1S/C32H33N3O5S/c1-33-32(37)30(22-25-13-6-3-7-14-25)34(23-26-15-12-18-28(21-26)40-2)31(36)24-35(27-16-8-4-9-17-27)41(38,39)29-19-10-5-11-20-29/h3-21,30H,22-24H2,1-2H3,(H,33,37)/t30-/m1/s1. The van der Waals surface area contributed by atoms with E-state index in [9.17, 15) is 18.0 Å².